The van der Waals surface area contributed by atoms with Gasteiger partial charge in [-0.3, -0.25) is 4.79 Å². The number of hydrogen-bond donors (Lipinski definition) is 2. The maximum Gasteiger partial charge on any atom is 0.237 e. The van der Waals surface area contributed by atoms with Gasteiger partial charge >= 0.3 is 0 Å². The van der Waals surface area contributed by atoms with Crippen molar-refractivity contribution in [1.82, 2.24) is 10.6 Å². The van der Waals surface area contributed by atoms with Crippen molar-refractivity contribution in [3.05, 3.63) is 29.8 Å². The number of carbonyl (C=O) groups is 1. The van der Waals surface area contributed by atoms with E-state index in [1.54, 1.807) is 0 Å². The zero-order chi connectivity index (χ0) is 14.5. The van der Waals surface area contributed by atoms with Gasteiger partial charge in [0.1, 0.15) is 5.75 Å². The van der Waals surface area contributed by atoms with Crippen LogP contribution in [0, 0.1) is 0 Å². The van der Waals surface area contributed by atoms with Gasteiger partial charge in [-0.05, 0) is 46.2 Å². The number of ether oxygens (including phenoxy) is 1. The summed E-state index contributed by atoms with van der Waals surface area (Å²) in [5.41, 5.74) is 1.02. The molecule has 20 heavy (non-hydrogen) atoms. The Labute approximate surface area is 120 Å². The molecule has 2 atom stereocenters. The molecule has 2 unspecified atom stereocenters. The summed E-state index contributed by atoms with van der Waals surface area (Å²) in [5, 5.41) is 6.29. The highest BCUT2D eigenvalue weighted by atomic mass is 16.5. The smallest absolute Gasteiger partial charge is 0.237 e. The van der Waals surface area contributed by atoms with Gasteiger partial charge in [-0.2, -0.15) is 0 Å². The molecule has 2 rings (SSSR count). The summed E-state index contributed by atoms with van der Waals surface area (Å²) in [4.78, 5) is 12.1. The second-order valence-electron chi connectivity index (χ2n) is 5.58. The molecule has 0 aliphatic carbocycles. The number of carbonyl (C=O) groups excluding carboxylic acids is 1. The Hall–Kier alpha value is -1.55. The molecular weight excluding hydrogens is 252 g/mol. The molecule has 1 aliphatic rings. The Bertz CT molecular complexity index is 454. The van der Waals surface area contributed by atoms with Crippen LogP contribution in [0.4, 0.5) is 0 Å². The highest BCUT2D eigenvalue weighted by Crippen LogP contribution is 2.26. The lowest BCUT2D eigenvalue weighted by Crippen LogP contribution is -2.41. The van der Waals surface area contributed by atoms with Gasteiger partial charge < -0.3 is 15.4 Å². The summed E-state index contributed by atoms with van der Waals surface area (Å²) in [5.74, 6) is 0.920. The van der Waals surface area contributed by atoms with E-state index in [9.17, 15) is 4.79 Å². The highest BCUT2D eigenvalue weighted by molar-refractivity contribution is 5.82. The van der Waals surface area contributed by atoms with Crippen molar-refractivity contribution in [1.29, 1.82) is 0 Å². The number of hydrogen-bond acceptors (Lipinski definition) is 3. The third kappa shape index (κ3) is 3.73. The molecule has 0 aromatic heterocycles. The van der Waals surface area contributed by atoms with Gasteiger partial charge in [-0.15, -0.1) is 0 Å². The van der Waals surface area contributed by atoms with Crippen molar-refractivity contribution in [2.75, 3.05) is 6.54 Å². The maximum atomic E-state index is 12.1. The summed E-state index contributed by atoms with van der Waals surface area (Å²) in [6.07, 6.45) is 2.11. The van der Waals surface area contributed by atoms with Gasteiger partial charge in [-0.25, -0.2) is 0 Å². The molecule has 1 aromatic rings. The molecule has 1 aromatic carbocycles. The lowest BCUT2D eigenvalue weighted by atomic mass is 10.1. The molecule has 0 spiro atoms. The van der Waals surface area contributed by atoms with Crippen molar-refractivity contribution < 1.29 is 9.53 Å². The van der Waals surface area contributed by atoms with E-state index in [4.69, 9.17) is 4.74 Å². The molecule has 2 N–H and O–H groups in total. The first-order chi connectivity index (χ1) is 9.58. The third-order valence-corrected chi connectivity index (χ3v) is 3.48. The minimum Gasteiger partial charge on any atom is -0.491 e. The number of para-hydroxylation sites is 1. The standard InChI is InChI=1S/C16H24N2O2/c1-11(2)20-15-9-5-4-7-13(15)12(3)18-16(19)14-8-6-10-17-14/h4-5,7,9,11-12,14,17H,6,8,10H2,1-3H3,(H,18,19). The van der Waals surface area contributed by atoms with E-state index < -0.39 is 0 Å². The summed E-state index contributed by atoms with van der Waals surface area (Å²) in [6.45, 7) is 6.93. The van der Waals surface area contributed by atoms with Crippen LogP contribution in [0.2, 0.25) is 0 Å². The molecule has 1 fully saturated rings. The van der Waals surface area contributed by atoms with Crippen LogP contribution in [-0.2, 0) is 4.79 Å². The lowest BCUT2D eigenvalue weighted by molar-refractivity contribution is -0.123. The van der Waals surface area contributed by atoms with Crippen molar-refractivity contribution in [3.63, 3.8) is 0 Å². The van der Waals surface area contributed by atoms with Gasteiger partial charge in [0.25, 0.3) is 0 Å². The second-order valence-corrected chi connectivity index (χ2v) is 5.58. The number of rotatable bonds is 5. The maximum absolute atomic E-state index is 12.1. The number of amides is 1. The van der Waals surface area contributed by atoms with E-state index in [-0.39, 0.29) is 24.1 Å². The van der Waals surface area contributed by atoms with Crippen LogP contribution in [0.5, 0.6) is 5.75 Å². The van der Waals surface area contributed by atoms with E-state index in [1.807, 2.05) is 45.0 Å². The minimum atomic E-state index is -0.0557. The van der Waals surface area contributed by atoms with E-state index >= 15 is 0 Å². The summed E-state index contributed by atoms with van der Waals surface area (Å²) in [6, 6.07) is 7.78. The molecule has 1 amide bonds. The average molecular weight is 276 g/mol. The van der Waals surface area contributed by atoms with Crippen molar-refractivity contribution >= 4 is 5.91 Å². The summed E-state index contributed by atoms with van der Waals surface area (Å²) in [7, 11) is 0. The number of nitrogens with one attached hydrogen (secondary N) is 2. The molecule has 0 saturated carbocycles. The normalized spacial score (nSPS) is 19.9. The van der Waals surface area contributed by atoms with Crippen molar-refractivity contribution in [2.24, 2.45) is 0 Å². The summed E-state index contributed by atoms with van der Waals surface area (Å²) >= 11 is 0. The Morgan fingerprint density at radius 2 is 2.10 bits per heavy atom. The van der Waals surface area contributed by atoms with Crippen LogP contribution in [0.3, 0.4) is 0 Å². The van der Waals surface area contributed by atoms with Crippen molar-refractivity contribution in [3.8, 4) is 5.75 Å². The average Bonchev–Trinajstić information content (AvgIpc) is 2.92. The fourth-order valence-corrected chi connectivity index (χ4v) is 2.50. The van der Waals surface area contributed by atoms with Gasteiger partial charge in [0.05, 0.1) is 18.2 Å². The van der Waals surface area contributed by atoms with Crippen LogP contribution >= 0.6 is 0 Å². The molecule has 1 aliphatic heterocycles. The fourth-order valence-electron chi connectivity index (χ4n) is 2.50. The van der Waals surface area contributed by atoms with Gasteiger partial charge in [-0.1, -0.05) is 18.2 Å². The molecule has 0 bridgehead atoms. The monoisotopic (exact) mass is 276 g/mol. The zero-order valence-corrected chi connectivity index (χ0v) is 12.5. The molecule has 1 saturated heterocycles. The van der Waals surface area contributed by atoms with Crippen LogP contribution in [0.1, 0.15) is 45.2 Å². The van der Waals surface area contributed by atoms with Gasteiger partial charge in [0.2, 0.25) is 5.91 Å². The summed E-state index contributed by atoms with van der Waals surface area (Å²) < 4.78 is 5.81. The first kappa shape index (κ1) is 14.9. The molecule has 110 valence electrons. The fraction of sp³-hybridized carbons (Fsp3) is 0.562. The van der Waals surface area contributed by atoms with Crippen LogP contribution in [-0.4, -0.2) is 24.6 Å². The predicted molar refractivity (Wildman–Crippen MR) is 79.8 cm³/mol. The van der Waals surface area contributed by atoms with Gasteiger partial charge in [0, 0.05) is 5.56 Å². The second kappa shape index (κ2) is 6.75. The van der Waals surface area contributed by atoms with Crippen molar-refractivity contribution in [2.45, 2.75) is 51.8 Å². The Morgan fingerprint density at radius 1 is 1.35 bits per heavy atom. The van der Waals surface area contributed by atoms with Crippen LogP contribution in [0.25, 0.3) is 0 Å². The first-order valence-corrected chi connectivity index (χ1v) is 7.37. The first-order valence-electron chi connectivity index (χ1n) is 7.37. The Balaban J connectivity index is 2.04. The van der Waals surface area contributed by atoms with Crippen LogP contribution < -0.4 is 15.4 Å². The van der Waals surface area contributed by atoms with Gasteiger partial charge in [0.15, 0.2) is 0 Å². The van der Waals surface area contributed by atoms with E-state index in [0.29, 0.717) is 0 Å². The molecule has 1 heterocycles. The molecular formula is C16H24N2O2. The topological polar surface area (TPSA) is 50.4 Å². The van der Waals surface area contributed by atoms with Crippen LogP contribution in [0.15, 0.2) is 24.3 Å². The highest BCUT2D eigenvalue weighted by Gasteiger charge is 2.24. The largest absolute Gasteiger partial charge is 0.491 e. The van der Waals surface area contributed by atoms with E-state index in [2.05, 4.69) is 10.6 Å². The Morgan fingerprint density at radius 3 is 2.75 bits per heavy atom. The predicted octanol–water partition coefficient (Wildman–Crippen LogP) is 2.40. The number of benzene rings is 1. The van der Waals surface area contributed by atoms with E-state index in [0.717, 1.165) is 30.7 Å². The van der Waals surface area contributed by atoms with E-state index in [1.165, 1.54) is 0 Å². The SMILES string of the molecule is CC(C)Oc1ccccc1C(C)NC(=O)C1CCCN1. The zero-order valence-electron chi connectivity index (χ0n) is 12.5. The minimum absolute atomic E-state index is 0.0457. The molecule has 4 heteroatoms. The third-order valence-electron chi connectivity index (χ3n) is 3.48. The quantitative estimate of drug-likeness (QED) is 0.868. The Kier molecular flexibility index (Phi) is 5.01. The molecule has 4 nitrogen and oxygen atoms in total. The lowest BCUT2D eigenvalue weighted by Gasteiger charge is -2.21. The molecule has 0 radical (unpaired) electrons.